The fourth-order valence-electron chi connectivity index (χ4n) is 3.94. The minimum absolute atomic E-state index is 0.0467. The van der Waals surface area contributed by atoms with Gasteiger partial charge in [-0.25, -0.2) is 9.97 Å². The summed E-state index contributed by atoms with van der Waals surface area (Å²) in [5.74, 6) is 0.0467. The Morgan fingerprint density at radius 3 is 2.54 bits per heavy atom. The average molecular weight is 484 g/mol. The number of hydrogen-bond acceptors (Lipinski definition) is 6. The van der Waals surface area contributed by atoms with Crippen molar-refractivity contribution in [1.82, 2.24) is 19.9 Å². The summed E-state index contributed by atoms with van der Waals surface area (Å²) in [5, 5.41) is 3.65. The minimum atomic E-state index is -4.60. The largest absolute Gasteiger partial charge is 0.419 e. The van der Waals surface area contributed by atoms with Gasteiger partial charge in [0.15, 0.2) is 0 Å². The molecule has 2 aromatic carbocycles. The molecule has 0 saturated heterocycles. The fraction of sp³-hybridized carbons (Fsp3) is 0.280. The van der Waals surface area contributed by atoms with Crippen LogP contribution in [0.2, 0.25) is 0 Å². The Morgan fingerprint density at radius 1 is 1.09 bits per heavy atom. The topological polar surface area (TPSA) is 86.1 Å². The molecule has 0 saturated carbocycles. The summed E-state index contributed by atoms with van der Waals surface area (Å²) in [6.07, 6.45) is -2.26. The maximum absolute atomic E-state index is 13.8. The van der Waals surface area contributed by atoms with Gasteiger partial charge in [-0.05, 0) is 45.3 Å². The van der Waals surface area contributed by atoms with Gasteiger partial charge in [0.25, 0.3) is 0 Å². The highest BCUT2D eigenvalue weighted by molar-refractivity contribution is 5.95. The molecule has 4 N–H and O–H groups in total. The van der Waals surface area contributed by atoms with Gasteiger partial charge in [0, 0.05) is 54.2 Å². The van der Waals surface area contributed by atoms with Crippen LogP contribution in [0.15, 0.2) is 54.9 Å². The zero-order valence-electron chi connectivity index (χ0n) is 19.8. The van der Waals surface area contributed by atoms with Gasteiger partial charge in [0.2, 0.25) is 5.95 Å². The summed E-state index contributed by atoms with van der Waals surface area (Å²) in [6.45, 7) is 4.55. The number of nitrogens with two attached hydrogens (primary N) is 1. The second-order valence-electron chi connectivity index (χ2n) is 8.48. The lowest BCUT2D eigenvalue weighted by Crippen LogP contribution is -2.32. The Kier molecular flexibility index (Phi) is 6.83. The van der Waals surface area contributed by atoms with Crippen LogP contribution in [0, 0.1) is 0 Å². The monoisotopic (exact) mass is 483 g/mol. The first-order valence-corrected chi connectivity index (χ1v) is 11.2. The molecule has 0 aliphatic rings. The van der Waals surface area contributed by atoms with E-state index in [1.165, 1.54) is 6.20 Å². The molecule has 0 amide bonds. The number of alkyl halides is 3. The lowest BCUT2D eigenvalue weighted by Gasteiger charge is -2.26. The first kappa shape index (κ1) is 24.3. The molecule has 4 rings (SSSR count). The summed E-state index contributed by atoms with van der Waals surface area (Å²) in [4.78, 5) is 15.5. The molecule has 0 spiro atoms. The predicted octanol–water partition coefficient (Wildman–Crippen LogP) is 5.36. The fourth-order valence-corrected chi connectivity index (χ4v) is 3.94. The van der Waals surface area contributed by atoms with Gasteiger partial charge in [0.05, 0.1) is 17.1 Å². The molecule has 2 aromatic heterocycles. The highest BCUT2D eigenvalue weighted by atomic mass is 19.4. The van der Waals surface area contributed by atoms with Crippen molar-refractivity contribution in [3.63, 3.8) is 0 Å². The second-order valence-corrected chi connectivity index (χ2v) is 8.48. The van der Waals surface area contributed by atoms with Gasteiger partial charge in [-0.2, -0.15) is 13.2 Å². The first-order chi connectivity index (χ1) is 16.7. The third-order valence-corrected chi connectivity index (χ3v) is 5.76. The number of halogens is 3. The number of nitrogens with one attached hydrogen (secondary N) is 2. The Morgan fingerprint density at radius 2 is 1.86 bits per heavy atom. The molecule has 0 radical (unpaired) electrons. The number of para-hydroxylation sites is 1. The average Bonchev–Trinajstić information content (AvgIpc) is 3.24. The third-order valence-electron chi connectivity index (χ3n) is 5.76. The van der Waals surface area contributed by atoms with Crippen LogP contribution in [0.1, 0.15) is 12.5 Å². The van der Waals surface area contributed by atoms with Crippen molar-refractivity contribution in [2.24, 2.45) is 0 Å². The SMILES string of the molecule is CCN(CCN(C)C)c1ccc(Nc2ncc(C(F)(F)F)c(-c3c[nH]c4ccccc34)n2)cc1N. The number of fused-ring (bicyclic) bond motifs is 1. The molecule has 0 atom stereocenters. The van der Waals surface area contributed by atoms with Crippen molar-refractivity contribution in [2.75, 3.05) is 49.7 Å². The van der Waals surface area contributed by atoms with E-state index >= 15 is 0 Å². The molecule has 4 aromatic rings. The normalized spacial score (nSPS) is 11.9. The van der Waals surface area contributed by atoms with Crippen molar-refractivity contribution in [3.05, 3.63) is 60.4 Å². The number of nitrogens with zero attached hydrogens (tertiary/aromatic N) is 4. The standard InChI is InChI=1S/C25H28F3N7/c1-4-35(12-11-34(2)3)22-10-9-16(13-20(22)29)32-24-31-15-19(25(26,27)28)23(33-24)18-14-30-21-8-6-5-7-17(18)21/h5-10,13-15,30H,4,11-12,29H2,1-3H3,(H,31,32,33). The molecule has 0 unspecified atom stereocenters. The van der Waals surface area contributed by atoms with Crippen molar-refractivity contribution in [3.8, 4) is 11.3 Å². The number of hydrogen-bond donors (Lipinski definition) is 3. The lowest BCUT2D eigenvalue weighted by atomic mass is 10.1. The first-order valence-electron chi connectivity index (χ1n) is 11.2. The van der Waals surface area contributed by atoms with Crippen LogP contribution >= 0.6 is 0 Å². The Balaban J connectivity index is 1.66. The van der Waals surface area contributed by atoms with Crippen molar-refractivity contribution in [2.45, 2.75) is 13.1 Å². The molecule has 10 heteroatoms. The van der Waals surface area contributed by atoms with Gasteiger partial charge in [-0.1, -0.05) is 18.2 Å². The summed E-state index contributed by atoms with van der Waals surface area (Å²) in [7, 11) is 4.03. The number of aromatic amines is 1. The Labute approximate surface area is 201 Å². The van der Waals surface area contributed by atoms with Crippen LogP contribution in [0.4, 0.5) is 36.2 Å². The van der Waals surface area contributed by atoms with E-state index in [-0.39, 0.29) is 11.6 Å². The molecule has 0 bridgehead atoms. The highest BCUT2D eigenvalue weighted by Crippen LogP contribution is 2.39. The molecule has 35 heavy (non-hydrogen) atoms. The van der Waals surface area contributed by atoms with E-state index in [0.717, 1.165) is 37.0 Å². The van der Waals surface area contributed by atoms with Crippen LogP contribution in [0.3, 0.4) is 0 Å². The van der Waals surface area contributed by atoms with Gasteiger partial charge in [-0.15, -0.1) is 0 Å². The van der Waals surface area contributed by atoms with Crippen LogP contribution in [-0.4, -0.2) is 53.6 Å². The number of anilines is 4. The Hall–Kier alpha value is -3.79. The number of likely N-dealkylation sites (N-methyl/N-ethyl adjacent to an activating group) is 2. The molecular formula is C25H28F3N7. The van der Waals surface area contributed by atoms with Crippen molar-refractivity contribution in [1.29, 1.82) is 0 Å². The number of H-pyrrole nitrogens is 1. The van der Waals surface area contributed by atoms with Gasteiger partial charge < -0.3 is 25.8 Å². The van der Waals surface area contributed by atoms with Crippen molar-refractivity contribution >= 4 is 33.9 Å². The van der Waals surface area contributed by atoms with E-state index in [9.17, 15) is 13.2 Å². The molecule has 184 valence electrons. The van der Waals surface area contributed by atoms with E-state index in [1.807, 2.05) is 32.3 Å². The number of rotatable bonds is 8. The Bertz CT molecular complexity index is 1310. The molecule has 0 aliphatic carbocycles. The van der Waals surface area contributed by atoms with Gasteiger partial charge in [0.1, 0.15) is 5.56 Å². The number of nitrogen functional groups attached to an aromatic ring is 1. The third kappa shape index (κ3) is 5.32. The quantitative estimate of drug-likeness (QED) is 0.293. The minimum Gasteiger partial charge on any atom is -0.397 e. The summed E-state index contributed by atoms with van der Waals surface area (Å²) in [6, 6.07) is 12.6. The van der Waals surface area contributed by atoms with Gasteiger partial charge >= 0.3 is 6.18 Å². The van der Waals surface area contributed by atoms with E-state index < -0.39 is 11.7 Å². The van der Waals surface area contributed by atoms with Crippen LogP contribution < -0.4 is 16.0 Å². The predicted molar refractivity (Wildman–Crippen MR) is 135 cm³/mol. The summed E-state index contributed by atoms with van der Waals surface area (Å²) < 4.78 is 41.4. The maximum atomic E-state index is 13.8. The molecule has 0 fully saturated rings. The molecule has 0 aliphatic heterocycles. The van der Waals surface area contributed by atoms with Crippen LogP contribution in [-0.2, 0) is 6.18 Å². The molecule has 7 nitrogen and oxygen atoms in total. The van der Waals surface area contributed by atoms with Gasteiger partial charge in [-0.3, -0.25) is 0 Å². The second kappa shape index (κ2) is 9.83. The van der Waals surface area contributed by atoms with E-state index in [4.69, 9.17) is 5.73 Å². The molecule has 2 heterocycles. The maximum Gasteiger partial charge on any atom is 0.419 e. The zero-order valence-corrected chi connectivity index (χ0v) is 19.8. The summed E-state index contributed by atoms with van der Waals surface area (Å²) >= 11 is 0. The van der Waals surface area contributed by atoms with E-state index in [2.05, 4.69) is 37.0 Å². The van der Waals surface area contributed by atoms with E-state index in [1.54, 1.807) is 24.3 Å². The van der Waals surface area contributed by atoms with Crippen molar-refractivity contribution < 1.29 is 13.2 Å². The number of aromatic nitrogens is 3. The highest BCUT2D eigenvalue weighted by Gasteiger charge is 2.36. The number of benzene rings is 2. The zero-order chi connectivity index (χ0) is 25.2. The van der Waals surface area contributed by atoms with E-state index in [0.29, 0.717) is 22.3 Å². The lowest BCUT2D eigenvalue weighted by molar-refractivity contribution is -0.137. The van der Waals surface area contributed by atoms with Crippen LogP contribution in [0.25, 0.3) is 22.2 Å². The molecular weight excluding hydrogens is 455 g/mol. The summed E-state index contributed by atoms with van der Waals surface area (Å²) in [5.41, 5.74) is 8.33. The smallest absolute Gasteiger partial charge is 0.397 e. The van der Waals surface area contributed by atoms with Crippen LogP contribution in [0.5, 0.6) is 0 Å².